The van der Waals surface area contributed by atoms with E-state index in [0.717, 1.165) is 12.0 Å². The van der Waals surface area contributed by atoms with Crippen LogP contribution in [0.4, 0.5) is 0 Å². The lowest BCUT2D eigenvalue weighted by Crippen LogP contribution is -2.49. The number of hydrogen-bond donors (Lipinski definition) is 1. The van der Waals surface area contributed by atoms with E-state index < -0.39 is 6.04 Å². The zero-order chi connectivity index (χ0) is 24.7. The molecule has 8 heteroatoms. The Morgan fingerprint density at radius 2 is 1.62 bits per heavy atom. The van der Waals surface area contributed by atoms with Gasteiger partial charge >= 0.3 is 0 Å². The molecule has 0 saturated carbocycles. The van der Waals surface area contributed by atoms with Crippen molar-refractivity contribution in [3.05, 3.63) is 70.2 Å². The third-order valence-corrected chi connectivity index (χ3v) is 6.10. The van der Waals surface area contributed by atoms with Gasteiger partial charge < -0.3 is 10.2 Å². The number of nitrogens with zero attached hydrogens (tertiary/aromatic N) is 2. The molecule has 1 heterocycles. The van der Waals surface area contributed by atoms with Crippen molar-refractivity contribution in [2.45, 2.75) is 52.1 Å². The van der Waals surface area contributed by atoms with Gasteiger partial charge in [0.15, 0.2) is 0 Å². The van der Waals surface area contributed by atoms with Gasteiger partial charge in [-0.25, -0.2) is 0 Å². The summed E-state index contributed by atoms with van der Waals surface area (Å²) in [4.78, 5) is 54.0. The maximum absolute atomic E-state index is 13.3. The molecule has 7 nitrogen and oxygen atoms in total. The minimum absolute atomic E-state index is 0.110. The first-order valence-electron chi connectivity index (χ1n) is 11.6. The second kappa shape index (κ2) is 11.8. The van der Waals surface area contributed by atoms with E-state index in [1.165, 1.54) is 4.90 Å². The Bertz CT molecular complexity index is 1020. The zero-order valence-electron chi connectivity index (χ0n) is 19.6. The first-order chi connectivity index (χ1) is 16.4. The SMILES string of the molecule is CCCNC(=O)[C@@H](CC)N(Cc1ccc(Cl)cc1)C(=O)CCCN1C(=O)c2ccccc2C1=O. The smallest absolute Gasteiger partial charge is 0.261 e. The van der Waals surface area contributed by atoms with E-state index in [2.05, 4.69) is 5.32 Å². The second-order valence-corrected chi connectivity index (χ2v) is 8.71. The van der Waals surface area contributed by atoms with Crippen molar-refractivity contribution in [1.29, 1.82) is 0 Å². The van der Waals surface area contributed by atoms with E-state index in [9.17, 15) is 19.2 Å². The summed E-state index contributed by atoms with van der Waals surface area (Å²) in [5, 5.41) is 3.48. The molecule has 0 saturated heterocycles. The highest BCUT2D eigenvalue weighted by atomic mass is 35.5. The Hall–Kier alpha value is -3.19. The van der Waals surface area contributed by atoms with Crippen LogP contribution in [-0.2, 0) is 16.1 Å². The van der Waals surface area contributed by atoms with Crippen LogP contribution in [0.2, 0.25) is 5.02 Å². The summed E-state index contributed by atoms with van der Waals surface area (Å²) < 4.78 is 0. The molecule has 180 valence electrons. The molecule has 4 amide bonds. The summed E-state index contributed by atoms with van der Waals surface area (Å²) in [6.07, 6.45) is 1.69. The molecule has 2 aromatic carbocycles. The summed E-state index contributed by atoms with van der Waals surface area (Å²) in [6.45, 7) is 4.79. The van der Waals surface area contributed by atoms with Crippen LogP contribution in [0.5, 0.6) is 0 Å². The van der Waals surface area contributed by atoms with Crippen LogP contribution in [0.3, 0.4) is 0 Å². The van der Waals surface area contributed by atoms with E-state index in [0.29, 0.717) is 35.5 Å². The van der Waals surface area contributed by atoms with Gasteiger partial charge in [0.25, 0.3) is 11.8 Å². The molecule has 0 fully saturated rings. The lowest BCUT2D eigenvalue weighted by Gasteiger charge is -2.31. The predicted octanol–water partition coefficient (Wildman–Crippen LogP) is 4.05. The summed E-state index contributed by atoms with van der Waals surface area (Å²) >= 11 is 5.99. The Kier molecular flexibility index (Phi) is 8.82. The van der Waals surface area contributed by atoms with Crippen LogP contribution in [-0.4, -0.2) is 52.6 Å². The van der Waals surface area contributed by atoms with Crippen LogP contribution in [0.25, 0.3) is 0 Å². The molecule has 0 aromatic heterocycles. The van der Waals surface area contributed by atoms with Gasteiger partial charge in [-0.2, -0.15) is 0 Å². The first kappa shape index (κ1) is 25.4. The number of carbonyl (C=O) groups is 4. The van der Waals surface area contributed by atoms with Crippen molar-refractivity contribution in [1.82, 2.24) is 15.1 Å². The number of carbonyl (C=O) groups excluding carboxylic acids is 4. The molecular weight excluding hydrogens is 454 g/mol. The van der Waals surface area contributed by atoms with Crippen LogP contribution in [0, 0.1) is 0 Å². The number of nitrogens with one attached hydrogen (secondary N) is 1. The van der Waals surface area contributed by atoms with Gasteiger partial charge in [-0.15, -0.1) is 0 Å². The molecule has 1 N–H and O–H groups in total. The third-order valence-electron chi connectivity index (χ3n) is 5.85. The Labute approximate surface area is 205 Å². The van der Waals surface area contributed by atoms with Gasteiger partial charge in [0, 0.05) is 31.1 Å². The predicted molar refractivity (Wildman–Crippen MR) is 130 cm³/mol. The Balaban J connectivity index is 1.69. The van der Waals surface area contributed by atoms with Gasteiger partial charge in [0.2, 0.25) is 11.8 Å². The summed E-state index contributed by atoms with van der Waals surface area (Å²) in [5.74, 6) is -1.06. The maximum atomic E-state index is 13.3. The molecule has 2 aromatic rings. The van der Waals surface area contributed by atoms with Crippen molar-refractivity contribution in [2.24, 2.45) is 0 Å². The minimum atomic E-state index is -0.617. The molecule has 1 aliphatic heterocycles. The van der Waals surface area contributed by atoms with Crippen LogP contribution in [0.1, 0.15) is 65.8 Å². The summed E-state index contributed by atoms with van der Waals surface area (Å²) in [7, 11) is 0. The Morgan fingerprint density at radius 3 is 2.18 bits per heavy atom. The average molecular weight is 484 g/mol. The number of rotatable bonds is 11. The zero-order valence-corrected chi connectivity index (χ0v) is 20.3. The van der Waals surface area contributed by atoms with Gasteiger partial charge in [-0.1, -0.05) is 49.7 Å². The van der Waals surface area contributed by atoms with Gasteiger partial charge in [0.05, 0.1) is 11.1 Å². The fourth-order valence-electron chi connectivity index (χ4n) is 4.05. The summed E-state index contributed by atoms with van der Waals surface area (Å²) in [6, 6.07) is 13.3. The number of fused-ring (bicyclic) bond motifs is 1. The molecule has 34 heavy (non-hydrogen) atoms. The lowest BCUT2D eigenvalue weighted by atomic mass is 10.1. The van der Waals surface area contributed by atoms with E-state index in [-0.39, 0.29) is 43.1 Å². The maximum Gasteiger partial charge on any atom is 0.261 e. The fraction of sp³-hybridized carbons (Fsp3) is 0.385. The largest absolute Gasteiger partial charge is 0.354 e. The molecule has 1 aliphatic rings. The van der Waals surface area contributed by atoms with Crippen LogP contribution >= 0.6 is 11.6 Å². The normalized spacial score (nSPS) is 13.6. The van der Waals surface area contributed by atoms with E-state index in [4.69, 9.17) is 11.6 Å². The van der Waals surface area contributed by atoms with Crippen molar-refractivity contribution in [3.63, 3.8) is 0 Å². The van der Waals surface area contributed by atoms with Gasteiger partial charge in [-0.05, 0) is 49.1 Å². The first-order valence-corrected chi connectivity index (χ1v) is 12.0. The lowest BCUT2D eigenvalue weighted by molar-refractivity contribution is -0.141. The number of benzene rings is 2. The van der Waals surface area contributed by atoms with Crippen molar-refractivity contribution in [3.8, 4) is 0 Å². The monoisotopic (exact) mass is 483 g/mol. The Morgan fingerprint density at radius 1 is 1.00 bits per heavy atom. The molecule has 3 rings (SSSR count). The van der Waals surface area contributed by atoms with Crippen molar-refractivity contribution in [2.75, 3.05) is 13.1 Å². The van der Waals surface area contributed by atoms with Crippen LogP contribution in [0.15, 0.2) is 48.5 Å². The second-order valence-electron chi connectivity index (χ2n) is 8.27. The molecular formula is C26H30ClN3O4. The number of hydrogen-bond acceptors (Lipinski definition) is 4. The number of amides is 4. The number of imide groups is 1. The van der Waals surface area contributed by atoms with E-state index in [1.807, 2.05) is 26.0 Å². The van der Waals surface area contributed by atoms with Gasteiger partial charge in [0.1, 0.15) is 6.04 Å². The highest BCUT2D eigenvalue weighted by Gasteiger charge is 2.35. The standard InChI is InChI=1S/C26H30ClN3O4/c1-3-15-28-24(32)22(4-2)30(17-18-11-13-19(27)14-12-18)23(31)10-7-16-29-25(33)20-8-5-6-9-21(20)26(29)34/h5-6,8-9,11-14,22H,3-4,7,10,15-17H2,1-2H3,(H,28,32)/t22-/m1/s1. The van der Waals surface area contributed by atoms with E-state index in [1.54, 1.807) is 41.3 Å². The molecule has 1 atom stereocenters. The number of halogens is 1. The topological polar surface area (TPSA) is 86.8 Å². The highest BCUT2D eigenvalue weighted by molar-refractivity contribution is 6.30. The quantitative estimate of drug-likeness (QED) is 0.488. The third kappa shape index (κ3) is 5.83. The van der Waals surface area contributed by atoms with Crippen LogP contribution < -0.4 is 5.32 Å². The van der Waals surface area contributed by atoms with Crippen molar-refractivity contribution < 1.29 is 19.2 Å². The van der Waals surface area contributed by atoms with Gasteiger partial charge in [-0.3, -0.25) is 24.1 Å². The molecule has 0 aliphatic carbocycles. The molecule has 0 unspecified atom stereocenters. The highest BCUT2D eigenvalue weighted by Crippen LogP contribution is 2.23. The molecule has 0 spiro atoms. The summed E-state index contributed by atoms with van der Waals surface area (Å²) in [5.41, 5.74) is 1.64. The average Bonchev–Trinajstić information content (AvgIpc) is 3.08. The van der Waals surface area contributed by atoms with Crippen molar-refractivity contribution >= 4 is 35.2 Å². The molecule has 0 bridgehead atoms. The van der Waals surface area contributed by atoms with E-state index >= 15 is 0 Å². The fourth-order valence-corrected chi connectivity index (χ4v) is 4.17. The minimum Gasteiger partial charge on any atom is -0.354 e. The molecule has 0 radical (unpaired) electrons.